The summed E-state index contributed by atoms with van der Waals surface area (Å²) in [6.45, 7) is 5.86. The van der Waals surface area contributed by atoms with Crippen LogP contribution in [0.3, 0.4) is 0 Å². The topological polar surface area (TPSA) is 7.12 Å². The Morgan fingerprint density at radius 1 is 1.19 bits per heavy atom. The van der Waals surface area contributed by atoms with E-state index in [1.165, 1.54) is 44.5 Å². The molecule has 1 aromatic rings. The van der Waals surface area contributed by atoms with Gasteiger partial charge in [-0.25, -0.2) is 4.57 Å². The van der Waals surface area contributed by atoms with E-state index >= 15 is 0 Å². The van der Waals surface area contributed by atoms with Gasteiger partial charge in [-0.15, -0.1) is 0 Å². The minimum Gasteiger partial charge on any atom is -1.00 e. The van der Waals surface area contributed by atoms with Gasteiger partial charge in [-0.3, -0.25) is 0 Å². The average Bonchev–Trinajstić information content (AvgIpc) is 2.80. The summed E-state index contributed by atoms with van der Waals surface area (Å²) in [5.74, 6) is 0. The lowest BCUT2D eigenvalue weighted by Crippen LogP contribution is -3.00. The highest BCUT2D eigenvalue weighted by molar-refractivity contribution is 5.44. The number of hydrogen-bond acceptors (Lipinski definition) is 1. The van der Waals surface area contributed by atoms with Crippen LogP contribution in [-0.4, -0.2) is 13.1 Å². The number of aromatic nitrogens is 1. The fourth-order valence-corrected chi connectivity index (χ4v) is 2.13. The van der Waals surface area contributed by atoms with Gasteiger partial charge >= 0.3 is 0 Å². The van der Waals surface area contributed by atoms with Crippen molar-refractivity contribution in [1.29, 1.82) is 0 Å². The Bertz CT molecular complexity index is 291. The molecule has 0 spiro atoms. The van der Waals surface area contributed by atoms with Gasteiger partial charge in [0.15, 0.2) is 12.4 Å². The Morgan fingerprint density at radius 3 is 2.38 bits per heavy atom. The highest BCUT2D eigenvalue weighted by Crippen LogP contribution is 2.17. The van der Waals surface area contributed by atoms with E-state index in [9.17, 15) is 0 Å². The predicted octanol–water partition coefficient (Wildman–Crippen LogP) is -0.622. The lowest BCUT2D eigenvalue weighted by atomic mass is 10.3. The number of rotatable bonds is 4. The summed E-state index contributed by atoms with van der Waals surface area (Å²) in [6, 6.07) is 4.50. The first-order valence-corrected chi connectivity index (χ1v) is 6.14. The highest BCUT2D eigenvalue weighted by Gasteiger charge is 2.12. The molecule has 0 amide bonds. The van der Waals surface area contributed by atoms with Gasteiger partial charge in [0.2, 0.25) is 0 Å². The molecule has 2 nitrogen and oxygen atoms in total. The Balaban J connectivity index is 0.00000128. The van der Waals surface area contributed by atoms with E-state index in [0.29, 0.717) is 0 Å². The third kappa shape index (κ3) is 3.61. The zero-order chi connectivity index (χ0) is 10.5. The summed E-state index contributed by atoms with van der Waals surface area (Å²) in [5, 5.41) is 0. The number of hydrogen-bond donors (Lipinski definition) is 0. The highest BCUT2D eigenvalue weighted by atomic mass is 127. The molecule has 0 aliphatic carbocycles. The maximum absolute atomic E-state index is 2.48. The van der Waals surface area contributed by atoms with Gasteiger partial charge in [0.05, 0.1) is 0 Å². The van der Waals surface area contributed by atoms with Crippen molar-refractivity contribution in [2.45, 2.75) is 39.2 Å². The molecule has 0 bridgehead atoms. The molecule has 3 heteroatoms. The summed E-state index contributed by atoms with van der Waals surface area (Å²) in [6.07, 6.45) is 9.66. The van der Waals surface area contributed by atoms with E-state index in [4.69, 9.17) is 0 Å². The summed E-state index contributed by atoms with van der Waals surface area (Å²) in [5.41, 5.74) is 1.39. The van der Waals surface area contributed by atoms with Crippen molar-refractivity contribution >= 4 is 5.69 Å². The standard InChI is InChI=1S/C13H21N2.HI/c1-2-3-8-14-11-6-13(7-12-14)15-9-4-5-10-15;/h6-7,11-12H,2-5,8-10H2,1H3;1H/q+1;/p-1. The first kappa shape index (κ1) is 13.7. The van der Waals surface area contributed by atoms with Crippen LogP contribution in [0.25, 0.3) is 0 Å². The molecule has 1 aromatic heterocycles. The second kappa shape index (κ2) is 7.09. The Labute approximate surface area is 116 Å². The summed E-state index contributed by atoms with van der Waals surface area (Å²) < 4.78 is 2.28. The molecule has 1 saturated heterocycles. The molecule has 1 aliphatic rings. The van der Waals surface area contributed by atoms with Gasteiger partial charge in [-0.1, -0.05) is 13.3 Å². The maximum Gasteiger partial charge on any atom is 0.170 e. The minimum absolute atomic E-state index is 0. The molecule has 90 valence electrons. The summed E-state index contributed by atoms with van der Waals surface area (Å²) in [4.78, 5) is 2.48. The summed E-state index contributed by atoms with van der Waals surface area (Å²) in [7, 11) is 0. The van der Waals surface area contributed by atoms with Crippen LogP contribution in [0.5, 0.6) is 0 Å². The van der Waals surface area contributed by atoms with Crippen LogP contribution in [0.2, 0.25) is 0 Å². The van der Waals surface area contributed by atoms with E-state index < -0.39 is 0 Å². The molecular weight excluding hydrogens is 311 g/mol. The van der Waals surface area contributed by atoms with Crippen molar-refractivity contribution < 1.29 is 28.5 Å². The molecule has 0 unspecified atom stereocenters. The van der Waals surface area contributed by atoms with E-state index in [2.05, 4.69) is 40.9 Å². The van der Waals surface area contributed by atoms with Gasteiger partial charge in [0.25, 0.3) is 0 Å². The smallest absolute Gasteiger partial charge is 0.170 e. The predicted molar refractivity (Wildman–Crippen MR) is 63.0 cm³/mol. The molecular formula is C13H21IN2. The normalized spacial score (nSPS) is 14.9. The van der Waals surface area contributed by atoms with Crippen molar-refractivity contribution in [2.24, 2.45) is 0 Å². The van der Waals surface area contributed by atoms with Crippen molar-refractivity contribution in [2.75, 3.05) is 18.0 Å². The van der Waals surface area contributed by atoms with Crippen LogP contribution in [0.15, 0.2) is 24.5 Å². The van der Waals surface area contributed by atoms with Gasteiger partial charge in [0, 0.05) is 37.3 Å². The van der Waals surface area contributed by atoms with Crippen molar-refractivity contribution in [3.05, 3.63) is 24.5 Å². The van der Waals surface area contributed by atoms with E-state index in [1.54, 1.807) is 0 Å². The van der Waals surface area contributed by atoms with E-state index in [0.717, 1.165) is 6.54 Å². The number of pyridine rings is 1. The third-order valence-corrected chi connectivity index (χ3v) is 3.11. The zero-order valence-corrected chi connectivity index (χ0v) is 12.2. The van der Waals surface area contributed by atoms with Gasteiger partial charge in [-0.05, 0) is 12.8 Å². The van der Waals surface area contributed by atoms with Crippen LogP contribution < -0.4 is 33.4 Å². The second-order valence-electron chi connectivity index (χ2n) is 4.34. The largest absolute Gasteiger partial charge is 1.00 e. The number of unbranched alkanes of at least 4 members (excludes halogenated alkanes) is 1. The van der Waals surface area contributed by atoms with Crippen LogP contribution in [0, 0.1) is 0 Å². The SMILES string of the molecule is CCCC[n+]1ccc(N2CCCC2)cc1.[I-]. The van der Waals surface area contributed by atoms with Crippen LogP contribution in [0.1, 0.15) is 32.6 Å². The monoisotopic (exact) mass is 332 g/mol. The number of aryl methyl sites for hydroxylation is 1. The first-order valence-electron chi connectivity index (χ1n) is 6.14. The number of nitrogens with zero attached hydrogens (tertiary/aromatic N) is 2. The van der Waals surface area contributed by atoms with Gasteiger partial charge in [-0.2, -0.15) is 0 Å². The van der Waals surface area contributed by atoms with Crippen molar-refractivity contribution in [1.82, 2.24) is 0 Å². The Morgan fingerprint density at radius 2 is 1.81 bits per heavy atom. The quantitative estimate of drug-likeness (QED) is 0.527. The second-order valence-corrected chi connectivity index (χ2v) is 4.34. The molecule has 2 rings (SSSR count). The molecule has 0 N–H and O–H groups in total. The van der Waals surface area contributed by atoms with Crippen LogP contribution >= 0.6 is 0 Å². The first-order chi connectivity index (χ1) is 7.40. The molecule has 0 aromatic carbocycles. The van der Waals surface area contributed by atoms with E-state index in [1.807, 2.05) is 0 Å². The summed E-state index contributed by atoms with van der Waals surface area (Å²) >= 11 is 0. The van der Waals surface area contributed by atoms with E-state index in [-0.39, 0.29) is 24.0 Å². The number of anilines is 1. The van der Waals surface area contributed by atoms with Gasteiger partial charge < -0.3 is 28.9 Å². The maximum atomic E-state index is 2.48. The average molecular weight is 332 g/mol. The van der Waals surface area contributed by atoms with Gasteiger partial charge in [0.1, 0.15) is 6.54 Å². The molecule has 0 atom stereocenters. The Hall–Kier alpha value is -0.320. The third-order valence-electron chi connectivity index (χ3n) is 3.11. The van der Waals surface area contributed by atoms with Crippen molar-refractivity contribution in [3.8, 4) is 0 Å². The molecule has 1 aliphatic heterocycles. The molecule has 2 heterocycles. The minimum atomic E-state index is 0. The van der Waals surface area contributed by atoms with Crippen LogP contribution in [-0.2, 0) is 6.54 Å². The zero-order valence-electron chi connectivity index (χ0n) is 10.0. The fraction of sp³-hybridized carbons (Fsp3) is 0.615. The molecule has 1 fully saturated rings. The Kier molecular flexibility index (Phi) is 6.09. The lowest BCUT2D eigenvalue weighted by molar-refractivity contribution is -0.697. The number of halogens is 1. The van der Waals surface area contributed by atoms with Crippen molar-refractivity contribution in [3.63, 3.8) is 0 Å². The molecule has 0 saturated carbocycles. The lowest BCUT2D eigenvalue weighted by Gasteiger charge is -2.16. The molecule has 0 radical (unpaired) electrons. The molecule has 16 heavy (non-hydrogen) atoms. The van der Waals surface area contributed by atoms with Crippen LogP contribution in [0.4, 0.5) is 5.69 Å². The fourth-order valence-electron chi connectivity index (χ4n) is 2.13.